The number of ether oxygens (including phenoxy) is 2. The average molecular weight is 305 g/mol. The normalized spacial score (nSPS) is 18.0. The highest BCUT2D eigenvalue weighted by molar-refractivity contribution is 6.04. The number of ketones is 1. The first-order valence-corrected chi connectivity index (χ1v) is 7.20. The lowest BCUT2D eigenvalue weighted by Crippen LogP contribution is -2.46. The summed E-state index contributed by atoms with van der Waals surface area (Å²) in [7, 11) is 1.49. The van der Waals surface area contributed by atoms with Crippen LogP contribution in [0, 0.1) is 5.92 Å². The quantitative estimate of drug-likeness (QED) is 0.619. The molecule has 1 heterocycles. The van der Waals surface area contributed by atoms with E-state index >= 15 is 0 Å². The molecule has 0 N–H and O–H groups in total. The third-order valence-corrected chi connectivity index (χ3v) is 3.62. The lowest BCUT2D eigenvalue weighted by molar-refractivity contribution is -0.153. The summed E-state index contributed by atoms with van der Waals surface area (Å²) in [6.07, 6.45) is 0.290. The van der Waals surface area contributed by atoms with Gasteiger partial charge in [-0.1, -0.05) is 12.1 Å². The SMILES string of the molecule is CCOC(=O)C1CCN(C(=O)c2ccccc2OC)CC1=O. The number of methoxy groups -OCH3 is 1. The minimum absolute atomic E-state index is 0.0830. The fourth-order valence-electron chi connectivity index (χ4n) is 2.48. The van der Waals surface area contributed by atoms with Crippen molar-refractivity contribution < 1.29 is 23.9 Å². The number of benzene rings is 1. The van der Waals surface area contributed by atoms with Crippen molar-refractivity contribution in [2.24, 2.45) is 5.92 Å². The molecular formula is C16H19NO5. The highest BCUT2D eigenvalue weighted by Crippen LogP contribution is 2.22. The molecule has 1 aliphatic heterocycles. The molecule has 0 saturated carbocycles. The minimum Gasteiger partial charge on any atom is -0.496 e. The first-order chi connectivity index (χ1) is 10.6. The monoisotopic (exact) mass is 305 g/mol. The van der Waals surface area contributed by atoms with Crippen molar-refractivity contribution in [3.8, 4) is 5.75 Å². The largest absolute Gasteiger partial charge is 0.496 e. The highest BCUT2D eigenvalue weighted by Gasteiger charge is 2.35. The van der Waals surface area contributed by atoms with Gasteiger partial charge >= 0.3 is 5.97 Å². The maximum absolute atomic E-state index is 12.5. The van der Waals surface area contributed by atoms with Crippen molar-refractivity contribution in [3.63, 3.8) is 0 Å². The predicted molar refractivity (Wildman–Crippen MR) is 78.6 cm³/mol. The number of nitrogens with zero attached hydrogens (tertiary/aromatic N) is 1. The van der Waals surface area contributed by atoms with E-state index in [1.807, 2.05) is 0 Å². The van der Waals surface area contributed by atoms with Gasteiger partial charge in [-0.25, -0.2) is 0 Å². The van der Waals surface area contributed by atoms with Gasteiger partial charge in [0.2, 0.25) is 0 Å². The number of rotatable bonds is 4. The lowest BCUT2D eigenvalue weighted by Gasteiger charge is -2.30. The number of hydrogen-bond acceptors (Lipinski definition) is 5. The summed E-state index contributed by atoms with van der Waals surface area (Å²) in [5, 5.41) is 0. The number of carbonyl (C=O) groups excluding carboxylic acids is 3. The molecule has 0 radical (unpaired) electrons. The van der Waals surface area contributed by atoms with Crippen molar-refractivity contribution in [1.82, 2.24) is 4.90 Å². The van der Waals surface area contributed by atoms with Crippen LogP contribution in [0.25, 0.3) is 0 Å². The zero-order valence-corrected chi connectivity index (χ0v) is 12.7. The zero-order valence-electron chi connectivity index (χ0n) is 12.7. The van der Waals surface area contributed by atoms with Gasteiger partial charge in [-0.3, -0.25) is 14.4 Å². The van der Waals surface area contributed by atoms with Crippen LogP contribution in [-0.2, 0) is 14.3 Å². The maximum Gasteiger partial charge on any atom is 0.316 e. The molecule has 1 aromatic rings. The number of Topliss-reactive ketones (excluding diaryl/α,β-unsaturated/α-hetero) is 1. The Hall–Kier alpha value is -2.37. The van der Waals surface area contributed by atoms with Gasteiger partial charge in [-0.15, -0.1) is 0 Å². The topological polar surface area (TPSA) is 72.9 Å². The van der Waals surface area contributed by atoms with Crippen LogP contribution in [0.2, 0.25) is 0 Å². The van der Waals surface area contributed by atoms with Gasteiger partial charge in [0.15, 0.2) is 5.78 Å². The minimum atomic E-state index is -0.762. The first-order valence-electron chi connectivity index (χ1n) is 7.20. The molecule has 118 valence electrons. The summed E-state index contributed by atoms with van der Waals surface area (Å²) in [5.41, 5.74) is 0.410. The van der Waals surface area contributed by atoms with Crippen LogP contribution in [0.4, 0.5) is 0 Å². The Kier molecular flexibility index (Phi) is 5.14. The van der Waals surface area contributed by atoms with E-state index in [1.54, 1.807) is 31.2 Å². The van der Waals surface area contributed by atoms with Crippen LogP contribution in [0.5, 0.6) is 5.75 Å². The van der Waals surface area contributed by atoms with Gasteiger partial charge < -0.3 is 14.4 Å². The van der Waals surface area contributed by atoms with Crippen LogP contribution in [-0.4, -0.2) is 49.4 Å². The third kappa shape index (κ3) is 3.27. The molecule has 1 atom stereocenters. The number of amides is 1. The van der Waals surface area contributed by atoms with Crippen molar-refractivity contribution >= 4 is 17.7 Å². The van der Waals surface area contributed by atoms with Gasteiger partial charge in [-0.05, 0) is 25.5 Å². The van der Waals surface area contributed by atoms with E-state index in [0.717, 1.165) is 0 Å². The number of carbonyl (C=O) groups is 3. The van der Waals surface area contributed by atoms with Crippen molar-refractivity contribution in [3.05, 3.63) is 29.8 Å². The molecule has 0 bridgehead atoms. The summed E-state index contributed by atoms with van der Waals surface area (Å²) < 4.78 is 10.1. The molecule has 1 fully saturated rings. The average Bonchev–Trinajstić information content (AvgIpc) is 2.54. The predicted octanol–water partition coefficient (Wildman–Crippen LogP) is 1.29. The summed E-state index contributed by atoms with van der Waals surface area (Å²) in [4.78, 5) is 37.7. The standard InChI is InChI=1S/C16H19NO5/c1-3-22-16(20)11-8-9-17(10-13(11)18)15(19)12-6-4-5-7-14(12)21-2/h4-7,11H,3,8-10H2,1-2H3. The molecule has 1 aliphatic rings. The van der Waals surface area contributed by atoms with Crippen molar-refractivity contribution in [2.75, 3.05) is 26.8 Å². The van der Waals surface area contributed by atoms with Gasteiger partial charge in [0.1, 0.15) is 11.7 Å². The number of piperidine rings is 1. The molecule has 22 heavy (non-hydrogen) atoms. The maximum atomic E-state index is 12.5. The summed E-state index contributed by atoms with van der Waals surface area (Å²) in [6, 6.07) is 6.86. The first kappa shape index (κ1) is 16.0. The van der Waals surface area contributed by atoms with E-state index in [2.05, 4.69) is 0 Å². The zero-order chi connectivity index (χ0) is 16.1. The van der Waals surface area contributed by atoms with E-state index in [-0.39, 0.29) is 24.8 Å². The summed E-state index contributed by atoms with van der Waals surface area (Å²) in [5.74, 6) is -1.35. The number of likely N-dealkylation sites (tertiary alicyclic amines) is 1. The molecular weight excluding hydrogens is 286 g/mol. The fourth-order valence-corrected chi connectivity index (χ4v) is 2.48. The molecule has 1 unspecified atom stereocenters. The van der Waals surface area contributed by atoms with Crippen molar-refractivity contribution in [2.45, 2.75) is 13.3 Å². The number of hydrogen-bond donors (Lipinski definition) is 0. The van der Waals surface area contributed by atoms with E-state index in [9.17, 15) is 14.4 Å². The van der Waals surface area contributed by atoms with Crippen LogP contribution >= 0.6 is 0 Å². The Morgan fingerprint density at radius 2 is 2.05 bits per heavy atom. The molecule has 1 saturated heterocycles. The lowest BCUT2D eigenvalue weighted by atomic mass is 9.95. The molecule has 1 amide bonds. The van der Waals surface area contributed by atoms with E-state index in [4.69, 9.17) is 9.47 Å². The smallest absolute Gasteiger partial charge is 0.316 e. The van der Waals surface area contributed by atoms with Gasteiger partial charge in [0.25, 0.3) is 5.91 Å². The summed E-state index contributed by atoms with van der Waals surface area (Å²) >= 11 is 0. The Morgan fingerprint density at radius 1 is 1.32 bits per heavy atom. The Morgan fingerprint density at radius 3 is 2.68 bits per heavy atom. The Labute approximate surface area is 129 Å². The second-order valence-electron chi connectivity index (χ2n) is 4.99. The molecule has 6 heteroatoms. The van der Waals surface area contributed by atoms with Crippen LogP contribution in [0.1, 0.15) is 23.7 Å². The van der Waals surface area contributed by atoms with Crippen LogP contribution < -0.4 is 4.74 Å². The molecule has 6 nitrogen and oxygen atoms in total. The summed E-state index contributed by atoms with van der Waals surface area (Å²) in [6.45, 7) is 2.20. The number of esters is 1. The van der Waals surface area contributed by atoms with Crippen molar-refractivity contribution in [1.29, 1.82) is 0 Å². The molecule has 0 aliphatic carbocycles. The molecule has 0 aromatic heterocycles. The Balaban J connectivity index is 2.08. The van der Waals surface area contributed by atoms with Gasteiger partial charge in [0.05, 0.1) is 25.8 Å². The van der Waals surface area contributed by atoms with E-state index in [0.29, 0.717) is 24.3 Å². The van der Waals surface area contributed by atoms with E-state index in [1.165, 1.54) is 12.0 Å². The van der Waals surface area contributed by atoms with Gasteiger partial charge in [0, 0.05) is 6.54 Å². The molecule has 1 aromatic carbocycles. The fraction of sp³-hybridized carbons (Fsp3) is 0.438. The molecule has 2 rings (SSSR count). The van der Waals surface area contributed by atoms with Crippen LogP contribution in [0.3, 0.4) is 0 Å². The highest BCUT2D eigenvalue weighted by atomic mass is 16.5. The Bertz CT molecular complexity index is 584. The second-order valence-corrected chi connectivity index (χ2v) is 4.99. The third-order valence-electron chi connectivity index (χ3n) is 3.62. The molecule has 0 spiro atoms. The number of para-hydroxylation sites is 1. The van der Waals surface area contributed by atoms with Crippen LogP contribution in [0.15, 0.2) is 24.3 Å². The van der Waals surface area contributed by atoms with E-state index < -0.39 is 11.9 Å². The second kappa shape index (κ2) is 7.06. The van der Waals surface area contributed by atoms with Gasteiger partial charge in [-0.2, -0.15) is 0 Å².